The first kappa shape index (κ1) is 22.8. The molecule has 8 nitrogen and oxygen atoms in total. The average Bonchev–Trinajstić information content (AvgIpc) is 2.88. The summed E-state index contributed by atoms with van der Waals surface area (Å²) in [7, 11) is 0. The minimum Gasteiger partial charge on any atom is -0.352 e. The Kier molecular flexibility index (Phi) is 7.39. The SMILES string of the molecule is C[C@@H](Nc1nccc(-c2cc(C(=O)NCCCc3ccccc3)c(=O)[nH]n2)n1)c1ccccc1. The smallest absolute Gasteiger partial charge is 0.277 e. The second kappa shape index (κ2) is 11.0. The van der Waals surface area contributed by atoms with Crippen LogP contribution in [0.3, 0.4) is 0 Å². The Morgan fingerprint density at radius 3 is 2.50 bits per heavy atom. The van der Waals surface area contributed by atoms with E-state index in [2.05, 4.69) is 30.8 Å². The van der Waals surface area contributed by atoms with Crippen LogP contribution >= 0.6 is 0 Å². The minimum absolute atomic E-state index is 0.00258. The van der Waals surface area contributed by atoms with Crippen molar-refractivity contribution >= 4 is 11.9 Å². The van der Waals surface area contributed by atoms with Gasteiger partial charge >= 0.3 is 0 Å². The number of hydrogen-bond acceptors (Lipinski definition) is 6. The van der Waals surface area contributed by atoms with Crippen LogP contribution in [0.2, 0.25) is 0 Å². The molecule has 0 radical (unpaired) electrons. The standard InChI is InChI=1S/C26H26N6O2/c1-18(20-12-6-3-7-13-20)29-26-28-16-14-22(30-26)23-17-21(25(34)32-31-23)24(33)27-15-8-11-19-9-4-2-5-10-19/h2-7,9-10,12-14,16-18H,8,11,15H2,1H3,(H,27,33)(H,32,34)(H,28,29,30)/t18-/m1/s1. The van der Waals surface area contributed by atoms with Gasteiger partial charge in [0.25, 0.3) is 11.5 Å². The van der Waals surface area contributed by atoms with Crippen molar-refractivity contribution in [1.29, 1.82) is 0 Å². The van der Waals surface area contributed by atoms with E-state index in [1.807, 2.05) is 67.6 Å². The van der Waals surface area contributed by atoms with Gasteiger partial charge in [-0.1, -0.05) is 60.7 Å². The summed E-state index contributed by atoms with van der Waals surface area (Å²) in [6, 6.07) is 23.1. The molecule has 0 unspecified atom stereocenters. The molecule has 1 atom stereocenters. The average molecular weight is 455 g/mol. The normalized spacial score (nSPS) is 11.6. The number of nitrogens with zero attached hydrogens (tertiary/aromatic N) is 3. The molecule has 0 aliphatic rings. The van der Waals surface area contributed by atoms with E-state index in [0.29, 0.717) is 23.9 Å². The van der Waals surface area contributed by atoms with E-state index >= 15 is 0 Å². The molecule has 0 fully saturated rings. The third kappa shape index (κ3) is 5.92. The molecule has 0 saturated heterocycles. The summed E-state index contributed by atoms with van der Waals surface area (Å²) in [4.78, 5) is 33.7. The van der Waals surface area contributed by atoms with Gasteiger partial charge < -0.3 is 10.6 Å². The number of carbonyl (C=O) groups excluding carboxylic acids is 1. The number of hydrogen-bond donors (Lipinski definition) is 3. The summed E-state index contributed by atoms with van der Waals surface area (Å²) in [5.41, 5.74) is 2.63. The van der Waals surface area contributed by atoms with Crippen molar-refractivity contribution in [1.82, 2.24) is 25.5 Å². The molecule has 0 aliphatic carbocycles. The maximum absolute atomic E-state index is 12.6. The Morgan fingerprint density at radius 2 is 1.74 bits per heavy atom. The molecule has 4 aromatic rings. The molecule has 0 aliphatic heterocycles. The number of benzene rings is 2. The zero-order valence-electron chi connectivity index (χ0n) is 18.9. The zero-order valence-corrected chi connectivity index (χ0v) is 18.9. The molecule has 2 aromatic carbocycles. The Hall–Kier alpha value is -4.33. The number of aryl methyl sites for hydroxylation is 1. The summed E-state index contributed by atoms with van der Waals surface area (Å²) < 4.78 is 0. The van der Waals surface area contributed by atoms with Crippen LogP contribution in [-0.2, 0) is 6.42 Å². The van der Waals surface area contributed by atoms with Crippen molar-refractivity contribution in [3.8, 4) is 11.4 Å². The van der Waals surface area contributed by atoms with Crippen molar-refractivity contribution < 1.29 is 4.79 Å². The van der Waals surface area contributed by atoms with Crippen LogP contribution in [0.4, 0.5) is 5.95 Å². The third-order valence-corrected chi connectivity index (χ3v) is 5.38. The lowest BCUT2D eigenvalue weighted by Crippen LogP contribution is -2.31. The molecule has 0 bridgehead atoms. The van der Waals surface area contributed by atoms with E-state index in [1.54, 1.807) is 12.3 Å². The number of carbonyl (C=O) groups is 1. The quantitative estimate of drug-likeness (QED) is 0.332. The molecule has 172 valence electrons. The number of anilines is 1. The summed E-state index contributed by atoms with van der Waals surface area (Å²) >= 11 is 0. The molecule has 34 heavy (non-hydrogen) atoms. The maximum atomic E-state index is 12.6. The number of aromatic nitrogens is 4. The fraction of sp³-hybridized carbons (Fsp3) is 0.192. The highest BCUT2D eigenvalue weighted by atomic mass is 16.2. The summed E-state index contributed by atoms with van der Waals surface area (Å²) in [6.07, 6.45) is 3.22. The van der Waals surface area contributed by atoms with Crippen molar-refractivity contribution in [3.05, 3.63) is 106 Å². The Bertz CT molecular complexity index is 1290. The van der Waals surface area contributed by atoms with E-state index in [4.69, 9.17) is 0 Å². The van der Waals surface area contributed by atoms with Gasteiger partial charge in [-0.15, -0.1) is 0 Å². The number of H-pyrrole nitrogens is 1. The number of rotatable bonds is 9. The monoisotopic (exact) mass is 454 g/mol. The van der Waals surface area contributed by atoms with Gasteiger partial charge in [-0.05, 0) is 43.0 Å². The molecule has 2 aromatic heterocycles. The van der Waals surface area contributed by atoms with E-state index in [-0.39, 0.29) is 11.6 Å². The van der Waals surface area contributed by atoms with Crippen LogP contribution in [-0.4, -0.2) is 32.6 Å². The van der Waals surface area contributed by atoms with Crippen LogP contribution in [0.5, 0.6) is 0 Å². The lowest BCUT2D eigenvalue weighted by Gasteiger charge is -2.14. The van der Waals surface area contributed by atoms with E-state index in [0.717, 1.165) is 18.4 Å². The van der Waals surface area contributed by atoms with Crippen LogP contribution in [0, 0.1) is 0 Å². The van der Waals surface area contributed by atoms with E-state index < -0.39 is 11.5 Å². The summed E-state index contributed by atoms with van der Waals surface area (Å²) in [5.74, 6) is -0.0168. The van der Waals surface area contributed by atoms with Gasteiger partial charge in [-0.3, -0.25) is 9.59 Å². The van der Waals surface area contributed by atoms with Gasteiger partial charge in [0.15, 0.2) is 0 Å². The Morgan fingerprint density at radius 1 is 1.00 bits per heavy atom. The maximum Gasteiger partial charge on any atom is 0.277 e. The van der Waals surface area contributed by atoms with Gasteiger partial charge in [0.1, 0.15) is 11.3 Å². The topological polar surface area (TPSA) is 113 Å². The second-order valence-corrected chi connectivity index (χ2v) is 7.88. The van der Waals surface area contributed by atoms with Crippen molar-refractivity contribution in [3.63, 3.8) is 0 Å². The van der Waals surface area contributed by atoms with Gasteiger partial charge in [-0.25, -0.2) is 15.1 Å². The predicted octanol–water partition coefficient (Wildman–Crippen LogP) is 3.76. The number of nitrogens with one attached hydrogen (secondary N) is 3. The lowest BCUT2D eigenvalue weighted by atomic mass is 10.1. The molecule has 3 N–H and O–H groups in total. The number of aromatic amines is 1. The van der Waals surface area contributed by atoms with E-state index in [1.165, 1.54) is 11.6 Å². The summed E-state index contributed by atoms with van der Waals surface area (Å²) in [6.45, 7) is 2.48. The molecule has 0 spiro atoms. The molecular weight excluding hydrogens is 428 g/mol. The molecule has 1 amide bonds. The third-order valence-electron chi connectivity index (χ3n) is 5.38. The Balaban J connectivity index is 1.42. The highest BCUT2D eigenvalue weighted by Crippen LogP contribution is 2.19. The molecule has 0 saturated carbocycles. The molecule has 4 rings (SSSR count). The van der Waals surface area contributed by atoms with Gasteiger partial charge in [0, 0.05) is 12.7 Å². The summed E-state index contributed by atoms with van der Waals surface area (Å²) in [5, 5.41) is 12.5. The van der Waals surface area contributed by atoms with Crippen molar-refractivity contribution in [2.24, 2.45) is 0 Å². The Labute approximate surface area is 197 Å². The highest BCUT2D eigenvalue weighted by molar-refractivity contribution is 5.94. The number of amides is 1. The lowest BCUT2D eigenvalue weighted by molar-refractivity contribution is 0.0951. The predicted molar refractivity (Wildman–Crippen MR) is 131 cm³/mol. The first-order valence-electron chi connectivity index (χ1n) is 11.2. The van der Waals surface area contributed by atoms with Crippen LogP contribution in [0.25, 0.3) is 11.4 Å². The van der Waals surface area contributed by atoms with Crippen molar-refractivity contribution in [2.45, 2.75) is 25.8 Å². The van der Waals surface area contributed by atoms with Gasteiger partial charge in [-0.2, -0.15) is 5.10 Å². The second-order valence-electron chi connectivity index (χ2n) is 7.88. The fourth-order valence-corrected chi connectivity index (χ4v) is 3.53. The van der Waals surface area contributed by atoms with Crippen LogP contribution in [0.1, 0.15) is 40.9 Å². The van der Waals surface area contributed by atoms with Crippen LogP contribution in [0.15, 0.2) is 83.8 Å². The minimum atomic E-state index is -0.547. The van der Waals surface area contributed by atoms with E-state index in [9.17, 15) is 9.59 Å². The highest BCUT2D eigenvalue weighted by Gasteiger charge is 2.14. The van der Waals surface area contributed by atoms with Gasteiger partial charge in [0.2, 0.25) is 5.95 Å². The largest absolute Gasteiger partial charge is 0.352 e. The zero-order chi connectivity index (χ0) is 23.8. The van der Waals surface area contributed by atoms with Gasteiger partial charge in [0.05, 0.1) is 11.7 Å². The first-order valence-corrected chi connectivity index (χ1v) is 11.2. The fourth-order valence-electron chi connectivity index (χ4n) is 3.53. The first-order chi connectivity index (χ1) is 16.6. The molecule has 2 heterocycles. The van der Waals surface area contributed by atoms with Crippen LogP contribution < -0.4 is 16.2 Å². The molecular formula is C26H26N6O2. The molecule has 8 heteroatoms. The van der Waals surface area contributed by atoms with Crippen molar-refractivity contribution in [2.75, 3.05) is 11.9 Å².